The molecule has 0 amide bonds. The van der Waals surface area contributed by atoms with Gasteiger partial charge in [0.15, 0.2) is 4.77 Å². The van der Waals surface area contributed by atoms with Crippen LogP contribution in [0.1, 0.15) is 0 Å². The second-order valence-corrected chi connectivity index (χ2v) is 5.54. The van der Waals surface area contributed by atoms with Crippen LogP contribution in [0.15, 0.2) is 54.7 Å². The van der Waals surface area contributed by atoms with Crippen molar-refractivity contribution in [1.29, 1.82) is 0 Å². The summed E-state index contributed by atoms with van der Waals surface area (Å²) in [5.41, 5.74) is 3.72. The van der Waals surface area contributed by atoms with E-state index in [9.17, 15) is 0 Å². The van der Waals surface area contributed by atoms with Gasteiger partial charge < -0.3 is 4.98 Å². The van der Waals surface area contributed by atoms with E-state index in [1.165, 1.54) is 0 Å². The van der Waals surface area contributed by atoms with Gasteiger partial charge in [-0.1, -0.05) is 23.7 Å². The van der Waals surface area contributed by atoms with Gasteiger partial charge in [0.05, 0.1) is 27.3 Å². The molecular weight excluding hydrogens is 302 g/mol. The van der Waals surface area contributed by atoms with Crippen LogP contribution in [0.3, 0.4) is 0 Å². The van der Waals surface area contributed by atoms with Gasteiger partial charge in [0, 0.05) is 11.6 Å². The summed E-state index contributed by atoms with van der Waals surface area (Å²) in [6, 6.07) is 15.7. The predicted molar refractivity (Wildman–Crippen MR) is 88.8 cm³/mol. The van der Waals surface area contributed by atoms with Crippen molar-refractivity contribution < 1.29 is 0 Å². The van der Waals surface area contributed by atoms with Gasteiger partial charge in [-0.25, -0.2) is 0 Å². The average Bonchev–Trinajstić information content (AvgIpc) is 2.84. The molecule has 3 nitrogen and oxygen atoms in total. The number of hydrogen-bond acceptors (Lipinski definition) is 2. The average molecular weight is 312 g/mol. The molecule has 0 aliphatic heterocycles. The fourth-order valence-corrected chi connectivity index (χ4v) is 3.19. The number of fused-ring (bicyclic) bond motifs is 2. The van der Waals surface area contributed by atoms with Crippen LogP contribution < -0.4 is 0 Å². The lowest BCUT2D eigenvalue weighted by atomic mass is 10.1. The summed E-state index contributed by atoms with van der Waals surface area (Å²) in [4.78, 5) is 7.60. The molecule has 102 valence electrons. The van der Waals surface area contributed by atoms with E-state index in [2.05, 4.69) is 9.97 Å². The van der Waals surface area contributed by atoms with E-state index in [0.717, 1.165) is 27.6 Å². The maximum Gasteiger partial charge on any atom is 0.182 e. The number of nitrogens with one attached hydrogen (secondary N) is 1. The Hall–Kier alpha value is -2.17. The van der Waals surface area contributed by atoms with Gasteiger partial charge in [-0.05, 0) is 48.6 Å². The summed E-state index contributed by atoms with van der Waals surface area (Å²) in [6.45, 7) is 0. The number of para-hydroxylation sites is 1. The zero-order valence-corrected chi connectivity index (χ0v) is 12.4. The first-order chi connectivity index (χ1) is 10.3. The molecule has 0 saturated heterocycles. The number of pyridine rings is 1. The second kappa shape index (κ2) is 4.69. The number of aromatic nitrogens is 3. The Labute approximate surface area is 130 Å². The Bertz CT molecular complexity index is 1030. The fraction of sp³-hybridized carbons (Fsp3) is 0. The van der Waals surface area contributed by atoms with E-state index in [4.69, 9.17) is 23.8 Å². The number of H-pyrrole nitrogens is 1. The molecule has 2 aromatic heterocycles. The van der Waals surface area contributed by atoms with Crippen LogP contribution in [0.5, 0.6) is 0 Å². The third-order valence-electron chi connectivity index (χ3n) is 3.52. The van der Waals surface area contributed by atoms with Crippen molar-refractivity contribution in [2.45, 2.75) is 0 Å². The molecule has 4 rings (SSSR count). The highest BCUT2D eigenvalue weighted by atomic mass is 35.5. The van der Waals surface area contributed by atoms with Gasteiger partial charge in [-0.2, -0.15) is 0 Å². The largest absolute Gasteiger partial charge is 0.330 e. The molecule has 0 aliphatic rings. The van der Waals surface area contributed by atoms with E-state index >= 15 is 0 Å². The molecule has 0 unspecified atom stereocenters. The van der Waals surface area contributed by atoms with Gasteiger partial charge in [-0.15, -0.1) is 0 Å². The molecule has 5 heteroatoms. The van der Waals surface area contributed by atoms with Crippen LogP contribution in [-0.2, 0) is 0 Å². The highest BCUT2D eigenvalue weighted by Crippen LogP contribution is 2.29. The zero-order chi connectivity index (χ0) is 14.4. The lowest BCUT2D eigenvalue weighted by Crippen LogP contribution is -1.96. The Balaban J connectivity index is 2.20. The third kappa shape index (κ3) is 1.87. The summed E-state index contributed by atoms with van der Waals surface area (Å²) in [5.74, 6) is 0. The molecular formula is C16H10ClN3S. The Morgan fingerprint density at radius 1 is 1.05 bits per heavy atom. The molecule has 0 spiro atoms. The molecule has 21 heavy (non-hydrogen) atoms. The van der Waals surface area contributed by atoms with E-state index in [1.807, 2.05) is 53.1 Å². The summed E-state index contributed by atoms with van der Waals surface area (Å²) < 4.78 is 2.59. The van der Waals surface area contributed by atoms with Crippen molar-refractivity contribution in [3.63, 3.8) is 0 Å². The van der Waals surface area contributed by atoms with Crippen molar-refractivity contribution >= 4 is 45.8 Å². The van der Waals surface area contributed by atoms with E-state index in [1.54, 1.807) is 6.20 Å². The second-order valence-electron chi connectivity index (χ2n) is 4.75. The first-order valence-electron chi connectivity index (χ1n) is 6.49. The minimum Gasteiger partial charge on any atom is -0.330 e. The van der Waals surface area contributed by atoms with Crippen molar-refractivity contribution in [3.05, 3.63) is 64.5 Å². The standard InChI is InChI=1S/C16H10ClN3S/c17-11-5-1-7-13-15(11)20(16(21)19-13)14-8-2-6-12-10(14)4-3-9-18-12/h1-9H,(H,19,21). The number of halogens is 1. The van der Waals surface area contributed by atoms with Crippen LogP contribution in [-0.4, -0.2) is 14.5 Å². The van der Waals surface area contributed by atoms with E-state index in [0.29, 0.717) is 9.79 Å². The third-order valence-corrected chi connectivity index (χ3v) is 4.11. The number of aromatic amines is 1. The minimum absolute atomic E-state index is 0.620. The number of hydrogen-bond donors (Lipinski definition) is 1. The quantitative estimate of drug-likeness (QED) is 0.508. The summed E-state index contributed by atoms with van der Waals surface area (Å²) in [7, 11) is 0. The lowest BCUT2D eigenvalue weighted by Gasteiger charge is -2.09. The molecule has 0 aliphatic carbocycles. The topological polar surface area (TPSA) is 33.6 Å². The maximum atomic E-state index is 6.37. The van der Waals surface area contributed by atoms with Gasteiger partial charge >= 0.3 is 0 Å². The SMILES string of the molecule is S=c1[nH]c2cccc(Cl)c2n1-c1cccc2ncccc12. The Morgan fingerprint density at radius 2 is 1.90 bits per heavy atom. The molecule has 0 radical (unpaired) electrons. The Kier molecular flexibility index (Phi) is 2.80. The van der Waals surface area contributed by atoms with Crippen LogP contribution in [0.2, 0.25) is 5.02 Å². The normalized spacial score (nSPS) is 11.3. The van der Waals surface area contributed by atoms with Gasteiger partial charge in [0.25, 0.3) is 0 Å². The van der Waals surface area contributed by atoms with Crippen molar-refractivity contribution in [1.82, 2.24) is 14.5 Å². The van der Waals surface area contributed by atoms with Crippen LogP contribution >= 0.6 is 23.8 Å². The molecule has 2 heterocycles. The lowest BCUT2D eigenvalue weighted by molar-refractivity contribution is 1.07. The summed E-state index contributed by atoms with van der Waals surface area (Å²) in [5, 5.41) is 1.71. The highest BCUT2D eigenvalue weighted by molar-refractivity contribution is 7.71. The van der Waals surface area contributed by atoms with Crippen molar-refractivity contribution in [3.8, 4) is 5.69 Å². The Morgan fingerprint density at radius 3 is 2.81 bits per heavy atom. The zero-order valence-electron chi connectivity index (χ0n) is 10.9. The molecule has 0 saturated carbocycles. The fourth-order valence-electron chi connectivity index (χ4n) is 2.63. The smallest absolute Gasteiger partial charge is 0.182 e. The van der Waals surface area contributed by atoms with Crippen LogP contribution in [0.25, 0.3) is 27.6 Å². The molecule has 0 atom stereocenters. The maximum absolute atomic E-state index is 6.37. The number of benzene rings is 2. The molecule has 0 bridgehead atoms. The molecule has 1 N–H and O–H groups in total. The first-order valence-corrected chi connectivity index (χ1v) is 7.28. The minimum atomic E-state index is 0.620. The number of nitrogens with zero attached hydrogens (tertiary/aromatic N) is 2. The van der Waals surface area contributed by atoms with Crippen molar-refractivity contribution in [2.75, 3.05) is 0 Å². The molecule has 0 fully saturated rings. The van der Waals surface area contributed by atoms with Crippen LogP contribution in [0.4, 0.5) is 0 Å². The molecule has 2 aromatic carbocycles. The highest BCUT2D eigenvalue weighted by Gasteiger charge is 2.12. The monoisotopic (exact) mass is 311 g/mol. The molecule has 4 aromatic rings. The van der Waals surface area contributed by atoms with E-state index in [-0.39, 0.29) is 0 Å². The van der Waals surface area contributed by atoms with Gasteiger partial charge in [0.2, 0.25) is 0 Å². The number of imidazole rings is 1. The first kappa shape index (κ1) is 12.6. The summed E-state index contributed by atoms with van der Waals surface area (Å²) >= 11 is 11.9. The predicted octanol–water partition coefficient (Wildman–Crippen LogP) is 4.89. The van der Waals surface area contributed by atoms with Crippen LogP contribution in [0, 0.1) is 4.77 Å². The van der Waals surface area contributed by atoms with Gasteiger partial charge in [-0.3, -0.25) is 9.55 Å². The van der Waals surface area contributed by atoms with Gasteiger partial charge in [0.1, 0.15) is 0 Å². The summed E-state index contributed by atoms with van der Waals surface area (Å²) in [6.07, 6.45) is 1.79. The number of rotatable bonds is 1. The van der Waals surface area contributed by atoms with E-state index < -0.39 is 0 Å². The van der Waals surface area contributed by atoms with Crippen molar-refractivity contribution in [2.24, 2.45) is 0 Å².